The molecule has 0 bridgehead atoms. The van der Waals surface area contributed by atoms with Gasteiger partial charge in [-0.05, 0) is 55.4 Å². The van der Waals surface area contributed by atoms with Gasteiger partial charge in [0.25, 0.3) is 5.56 Å². The van der Waals surface area contributed by atoms with Crippen LogP contribution in [0.3, 0.4) is 0 Å². The Morgan fingerprint density at radius 2 is 2.08 bits per heavy atom. The van der Waals surface area contributed by atoms with Gasteiger partial charge in [0.2, 0.25) is 11.4 Å². The Morgan fingerprint density at radius 1 is 1.30 bits per heavy atom. The number of ether oxygens (including phenoxy) is 1. The molecule has 0 amide bonds. The van der Waals surface area contributed by atoms with Gasteiger partial charge >= 0.3 is 5.92 Å². The molecule has 3 atom stereocenters. The fourth-order valence-corrected chi connectivity index (χ4v) is 6.06. The van der Waals surface area contributed by atoms with Gasteiger partial charge in [-0.2, -0.15) is 0 Å². The smallest absolute Gasteiger partial charge is 0.301 e. The van der Waals surface area contributed by atoms with Crippen LogP contribution < -0.4 is 31.6 Å². The number of benzene rings is 1. The Bertz CT molecular complexity index is 1590. The molecule has 1 aliphatic carbocycles. The number of pyridine rings is 2. The van der Waals surface area contributed by atoms with Crippen LogP contribution in [0.1, 0.15) is 26.2 Å². The molecular weight excluding hydrogens is 540 g/mol. The topological polar surface area (TPSA) is 102 Å². The molecule has 2 aliphatic heterocycles. The lowest BCUT2D eigenvalue weighted by atomic mass is 9.96. The molecule has 3 aliphatic rings. The van der Waals surface area contributed by atoms with E-state index in [0.29, 0.717) is 59.2 Å². The summed E-state index contributed by atoms with van der Waals surface area (Å²) in [5.41, 5.74) is 7.50. The van der Waals surface area contributed by atoms with Crippen molar-refractivity contribution in [1.82, 2.24) is 9.55 Å². The van der Waals surface area contributed by atoms with Crippen molar-refractivity contribution in [3.63, 3.8) is 0 Å². The monoisotopic (exact) mass is 569 g/mol. The summed E-state index contributed by atoms with van der Waals surface area (Å²) in [5.74, 6) is -2.23. The first-order valence-corrected chi connectivity index (χ1v) is 13.7. The van der Waals surface area contributed by atoms with E-state index in [1.165, 1.54) is 4.57 Å². The summed E-state index contributed by atoms with van der Waals surface area (Å²) in [6.45, 7) is 10.2. The Hall–Kier alpha value is -3.62. The maximum absolute atomic E-state index is 15.0. The van der Waals surface area contributed by atoms with Gasteiger partial charge in [0.1, 0.15) is 11.6 Å². The third kappa shape index (κ3) is 4.69. The van der Waals surface area contributed by atoms with Crippen molar-refractivity contribution in [2.24, 2.45) is 24.6 Å². The quantitative estimate of drug-likeness (QED) is 0.368. The summed E-state index contributed by atoms with van der Waals surface area (Å²) in [6, 6.07) is 5.69. The molecule has 1 saturated heterocycles. The van der Waals surface area contributed by atoms with Gasteiger partial charge in [0.15, 0.2) is 6.61 Å². The molecule has 3 aromatic rings. The molecule has 0 spiro atoms. The van der Waals surface area contributed by atoms with Crippen LogP contribution in [0.4, 0.5) is 37.5 Å². The molecular formula is C28H30ClF2N7O2. The number of aryl methyl sites for hydroxylation is 1. The highest BCUT2D eigenvalue weighted by atomic mass is 35.5. The lowest BCUT2D eigenvalue weighted by Crippen LogP contribution is -2.46. The number of nitrogens with two attached hydrogens (primary N) is 1. The third-order valence-electron chi connectivity index (χ3n) is 7.92. The predicted octanol–water partition coefficient (Wildman–Crippen LogP) is 5.27. The molecule has 4 N–H and O–H groups in total. The maximum Gasteiger partial charge on any atom is 0.301 e. The van der Waals surface area contributed by atoms with Gasteiger partial charge in [0.05, 0.1) is 28.8 Å². The van der Waals surface area contributed by atoms with Gasteiger partial charge in [-0.15, -0.1) is 0 Å². The number of rotatable bonds is 4. The van der Waals surface area contributed by atoms with Crippen LogP contribution in [-0.4, -0.2) is 47.3 Å². The number of nitrogens with one attached hydrogen (secondary N) is 2. The van der Waals surface area contributed by atoms with E-state index in [1.807, 2.05) is 4.90 Å². The molecule has 1 saturated carbocycles. The second-order valence-corrected chi connectivity index (χ2v) is 11.6. The summed E-state index contributed by atoms with van der Waals surface area (Å²) in [6.07, 6.45) is 2.30. The zero-order chi connectivity index (χ0) is 28.3. The number of hydrogen-bond acceptors (Lipinski definition) is 7. The second-order valence-electron chi connectivity index (χ2n) is 11.2. The van der Waals surface area contributed by atoms with Crippen molar-refractivity contribution >= 4 is 51.2 Å². The van der Waals surface area contributed by atoms with Crippen molar-refractivity contribution in [3.8, 4) is 5.75 Å². The number of anilines is 4. The highest BCUT2D eigenvalue weighted by Gasteiger charge is 2.51. The number of hydrogen-bond donors (Lipinski definition) is 3. The lowest BCUT2D eigenvalue weighted by Gasteiger charge is -2.36. The summed E-state index contributed by atoms with van der Waals surface area (Å²) >= 11 is 6.55. The summed E-state index contributed by atoms with van der Waals surface area (Å²) in [5, 5.41) is 7.03. The van der Waals surface area contributed by atoms with Crippen molar-refractivity contribution < 1.29 is 13.5 Å². The molecule has 2 unspecified atom stereocenters. The minimum absolute atomic E-state index is 0.0276. The average Bonchev–Trinajstić information content (AvgIpc) is 3.75. The first-order chi connectivity index (χ1) is 19.1. The van der Waals surface area contributed by atoms with E-state index in [2.05, 4.69) is 22.4 Å². The largest absolute Gasteiger partial charge is 0.480 e. The second kappa shape index (κ2) is 9.78. The van der Waals surface area contributed by atoms with E-state index in [4.69, 9.17) is 33.6 Å². The average molecular weight is 570 g/mol. The molecule has 2 fully saturated rings. The first-order valence-electron chi connectivity index (χ1n) is 13.3. The number of fused-ring (bicyclic) bond motifs is 3. The predicted molar refractivity (Wildman–Crippen MR) is 153 cm³/mol. The van der Waals surface area contributed by atoms with Crippen LogP contribution in [0.5, 0.6) is 5.75 Å². The highest BCUT2D eigenvalue weighted by molar-refractivity contribution is 6.33. The van der Waals surface area contributed by atoms with Crippen LogP contribution in [-0.2, 0) is 7.05 Å². The van der Waals surface area contributed by atoms with E-state index >= 15 is 0 Å². The number of alkyl halides is 2. The molecule has 6 rings (SSSR count). The van der Waals surface area contributed by atoms with Crippen LogP contribution in [0.15, 0.2) is 29.1 Å². The van der Waals surface area contributed by atoms with Crippen molar-refractivity contribution in [1.29, 1.82) is 0 Å². The van der Waals surface area contributed by atoms with Crippen LogP contribution >= 0.6 is 11.6 Å². The molecule has 1 aromatic carbocycles. The third-order valence-corrected chi connectivity index (χ3v) is 8.21. The van der Waals surface area contributed by atoms with Gasteiger partial charge in [-0.1, -0.05) is 18.5 Å². The fraction of sp³-hybridized carbons (Fsp3) is 0.464. The van der Waals surface area contributed by atoms with E-state index < -0.39 is 24.1 Å². The summed E-state index contributed by atoms with van der Waals surface area (Å²) < 4.78 is 36.8. The SMILES string of the molecule is [C-]#[N+]c1cc(Cl)c(Nc2ccc3c(c2)c2c(c(=O)n3C)OCC(F)(F)[C@H](C3CC3)N2)nc1N1CC(C)CC(N)C1. The van der Waals surface area contributed by atoms with E-state index in [1.54, 1.807) is 31.3 Å². The van der Waals surface area contributed by atoms with Crippen LogP contribution in [0.2, 0.25) is 5.02 Å². The fourth-order valence-electron chi connectivity index (χ4n) is 5.87. The number of nitrogens with zero attached hydrogens (tertiary/aromatic N) is 4. The summed E-state index contributed by atoms with van der Waals surface area (Å²) in [7, 11) is 1.58. The van der Waals surface area contributed by atoms with Crippen molar-refractivity contribution in [2.45, 2.75) is 44.2 Å². The lowest BCUT2D eigenvalue weighted by molar-refractivity contribution is -0.0579. The first kappa shape index (κ1) is 26.6. The van der Waals surface area contributed by atoms with Crippen LogP contribution in [0.25, 0.3) is 15.7 Å². The molecule has 9 nitrogen and oxygen atoms in total. The normalized spacial score (nSPS) is 23.9. The number of halogens is 3. The number of piperidine rings is 1. The Kier molecular flexibility index (Phi) is 6.50. The molecule has 210 valence electrons. The maximum atomic E-state index is 15.0. The number of aromatic nitrogens is 2. The van der Waals surface area contributed by atoms with Gasteiger partial charge in [-0.25, -0.2) is 18.6 Å². The zero-order valence-electron chi connectivity index (χ0n) is 22.2. The minimum Gasteiger partial charge on any atom is -0.480 e. The molecule has 4 heterocycles. The van der Waals surface area contributed by atoms with Gasteiger partial charge < -0.3 is 30.6 Å². The molecule has 40 heavy (non-hydrogen) atoms. The van der Waals surface area contributed by atoms with Gasteiger partial charge in [0, 0.05) is 37.3 Å². The van der Waals surface area contributed by atoms with Crippen molar-refractivity contribution in [3.05, 3.63) is 51.1 Å². The molecule has 12 heteroatoms. The molecule has 0 radical (unpaired) electrons. The Labute approximate surface area is 235 Å². The highest BCUT2D eigenvalue weighted by Crippen LogP contribution is 2.46. The molecule has 2 aromatic heterocycles. The minimum atomic E-state index is -3.12. The van der Waals surface area contributed by atoms with E-state index in [0.717, 1.165) is 13.0 Å². The van der Waals surface area contributed by atoms with E-state index in [-0.39, 0.29) is 28.4 Å². The van der Waals surface area contributed by atoms with E-state index in [9.17, 15) is 13.6 Å². The Morgan fingerprint density at radius 3 is 2.77 bits per heavy atom. The summed E-state index contributed by atoms with van der Waals surface area (Å²) in [4.78, 5) is 23.4. The Balaban J connectivity index is 1.41. The zero-order valence-corrected chi connectivity index (χ0v) is 22.9. The van der Waals surface area contributed by atoms with Gasteiger partial charge in [-0.3, -0.25) is 4.79 Å². The van der Waals surface area contributed by atoms with Crippen molar-refractivity contribution in [2.75, 3.05) is 35.2 Å². The van der Waals surface area contributed by atoms with Crippen LogP contribution in [0, 0.1) is 18.4 Å². The standard InChI is InChI=1S/C28H30ClF2N7O2/c1-14-8-16(32)12-38(11-14)26-20(33-2)10-19(29)25(36-26)34-17-6-7-21-18(9-17)22-23(27(39)37(21)3)40-13-28(30,31)24(35-22)15-4-5-15/h6-7,9-10,14-16,24,35H,4-5,8,11-13,32H2,1,3H3,(H,34,36)/t14?,16?,24-/m0/s1.